The van der Waals surface area contributed by atoms with Gasteiger partial charge in [0.15, 0.2) is 0 Å². The molecule has 0 atom stereocenters. The van der Waals surface area contributed by atoms with Gasteiger partial charge in [0.25, 0.3) is 10.0 Å². The molecular formula is C20H24N2O3S. The fourth-order valence-electron chi connectivity index (χ4n) is 3.34. The van der Waals surface area contributed by atoms with Crippen molar-refractivity contribution in [3.63, 3.8) is 0 Å². The van der Waals surface area contributed by atoms with Gasteiger partial charge in [0.1, 0.15) is 0 Å². The molecule has 2 aromatic rings. The first-order valence-electron chi connectivity index (χ1n) is 8.79. The van der Waals surface area contributed by atoms with Crippen LogP contribution in [0.15, 0.2) is 41.3 Å². The van der Waals surface area contributed by atoms with Crippen LogP contribution in [0.1, 0.15) is 36.0 Å². The number of rotatable bonds is 4. The Kier molecular flexibility index (Phi) is 5.05. The second kappa shape index (κ2) is 7.11. The number of carbonyl (C=O) groups is 1. The van der Waals surface area contributed by atoms with E-state index in [-0.39, 0.29) is 10.8 Å². The topological polar surface area (TPSA) is 66.5 Å². The molecule has 6 heteroatoms. The summed E-state index contributed by atoms with van der Waals surface area (Å²) in [6.45, 7) is 6.32. The average molecular weight is 372 g/mol. The average Bonchev–Trinajstić information content (AvgIpc) is 2.56. The molecule has 138 valence electrons. The third-order valence-electron chi connectivity index (χ3n) is 4.70. The summed E-state index contributed by atoms with van der Waals surface area (Å²) in [7, 11) is -3.69. The van der Waals surface area contributed by atoms with Crippen LogP contribution in [0.25, 0.3) is 0 Å². The van der Waals surface area contributed by atoms with E-state index in [1.807, 2.05) is 26.0 Å². The predicted octanol–water partition coefficient (Wildman–Crippen LogP) is 3.93. The monoisotopic (exact) mass is 372 g/mol. The van der Waals surface area contributed by atoms with Crippen LogP contribution in [0.4, 0.5) is 11.4 Å². The molecule has 0 unspecified atom stereocenters. The minimum atomic E-state index is -3.69. The molecule has 1 heterocycles. The molecular weight excluding hydrogens is 348 g/mol. The number of nitrogens with one attached hydrogen (secondary N) is 1. The van der Waals surface area contributed by atoms with Gasteiger partial charge in [-0.2, -0.15) is 0 Å². The molecule has 2 aromatic carbocycles. The highest BCUT2D eigenvalue weighted by Crippen LogP contribution is 2.29. The normalized spacial score (nSPS) is 15.2. The minimum absolute atomic E-state index is 0.0914. The molecule has 1 amide bonds. The van der Waals surface area contributed by atoms with E-state index in [2.05, 4.69) is 4.72 Å². The van der Waals surface area contributed by atoms with Gasteiger partial charge in [0, 0.05) is 18.7 Å². The number of sulfonamides is 1. The van der Waals surface area contributed by atoms with Gasteiger partial charge in [0.05, 0.1) is 10.6 Å². The summed E-state index contributed by atoms with van der Waals surface area (Å²) in [5.74, 6) is 0.0914. The lowest BCUT2D eigenvalue weighted by Gasteiger charge is -2.28. The van der Waals surface area contributed by atoms with Crippen molar-refractivity contribution in [3.8, 4) is 0 Å². The summed E-state index contributed by atoms with van der Waals surface area (Å²) in [6.07, 6.45) is 2.41. The molecule has 5 nitrogen and oxygen atoms in total. The highest BCUT2D eigenvalue weighted by molar-refractivity contribution is 7.92. The Morgan fingerprint density at radius 1 is 0.962 bits per heavy atom. The van der Waals surface area contributed by atoms with E-state index >= 15 is 0 Å². The van der Waals surface area contributed by atoms with Gasteiger partial charge in [-0.1, -0.05) is 23.8 Å². The van der Waals surface area contributed by atoms with Crippen LogP contribution in [-0.2, 0) is 14.8 Å². The summed E-state index contributed by atoms with van der Waals surface area (Å²) in [5, 5.41) is 0. The maximum absolute atomic E-state index is 12.8. The number of benzene rings is 2. The predicted molar refractivity (Wildman–Crippen MR) is 104 cm³/mol. The molecule has 1 saturated heterocycles. The standard InChI is InChI=1S/C20H24N2O3S/c1-14-7-10-19(16(3)12-14)26(24,25)21-17-9-8-15(2)18(13-17)22-11-5-4-6-20(22)23/h7-10,12-13,21H,4-6,11H2,1-3H3. The zero-order valence-electron chi connectivity index (χ0n) is 15.4. The lowest BCUT2D eigenvalue weighted by molar-refractivity contribution is -0.119. The van der Waals surface area contributed by atoms with E-state index in [9.17, 15) is 13.2 Å². The molecule has 1 aliphatic rings. The van der Waals surface area contributed by atoms with Crippen molar-refractivity contribution in [1.29, 1.82) is 0 Å². The summed E-state index contributed by atoms with van der Waals surface area (Å²) < 4.78 is 28.2. The second-order valence-electron chi connectivity index (χ2n) is 6.88. The number of piperidine rings is 1. The quantitative estimate of drug-likeness (QED) is 0.884. The van der Waals surface area contributed by atoms with Gasteiger partial charge in [-0.15, -0.1) is 0 Å². The van der Waals surface area contributed by atoms with E-state index in [0.29, 0.717) is 24.2 Å². The van der Waals surface area contributed by atoms with Gasteiger partial charge >= 0.3 is 0 Å². The van der Waals surface area contributed by atoms with E-state index < -0.39 is 10.0 Å². The largest absolute Gasteiger partial charge is 0.312 e. The van der Waals surface area contributed by atoms with Crippen molar-refractivity contribution in [1.82, 2.24) is 0 Å². The first kappa shape index (κ1) is 18.5. The Morgan fingerprint density at radius 2 is 1.73 bits per heavy atom. The van der Waals surface area contributed by atoms with Crippen LogP contribution < -0.4 is 9.62 Å². The van der Waals surface area contributed by atoms with Crippen molar-refractivity contribution in [2.24, 2.45) is 0 Å². The summed E-state index contributed by atoms with van der Waals surface area (Å²) in [5.41, 5.74) is 3.91. The first-order chi connectivity index (χ1) is 12.3. The Bertz CT molecular complexity index is 952. The second-order valence-corrected chi connectivity index (χ2v) is 8.53. The zero-order valence-corrected chi connectivity index (χ0v) is 16.2. The zero-order chi connectivity index (χ0) is 18.9. The van der Waals surface area contributed by atoms with Gasteiger partial charge in [-0.3, -0.25) is 9.52 Å². The maximum atomic E-state index is 12.8. The number of amides is 1. The van der Waals surface area contributed by atoms with Crippen molar-refractivity contribution in [3.05, 3.63) is 53.1 Å². The van der Waals surface area contributed by atoms with Crippen LogP contribution >= 0.6 is 0 Å². The van der Waals surface area contributed by atoms with Gasteiger partial charge in [0.2, 0.25) is 5.91 Å². The third-order valence-corrected chi connectivity index (χ3v) is 6.24. The summed E-state index contributed by atoms with van der Waals surface area (Å²) >= 11 is 0. The highest BCUT2D eigenvalue weighted by Gasteiger charge is 2.22. The molecule has 0 spiro atoms. The smallest absolute Gasteiger partial charge is 0.262 e. The minimum Gasteiger partial charge on any atom is -0.312 e. The number of hydrogen-bond acceptors (Lipinski definition) is 3. The Balaban J connectivity index is 1.92. The van der Waals surface area contributed by atoms with Crippen LogP contribution in [-0.4, -0.2) is 20.9 Å². The maximum Gasteiger partial charge on any atom is 0.262 e. The molecule has 1 fully saturated rings. The molecule has 0 saturated carbocycles. The number of anilines is 2. The Hall–Kier alpha value is -2.34. The molecule has 1 N–H and O–H groups in total. The third kappa shape index (κ3) is 3.75. The van der Waals surface area contributed by atoms with E-state index in [1.54, 1.807) is 36.1 Å². The number of nitrogens with zero attached hydrogens (tertiary/aromatic N) is 1. The van der Waals surface area contributed by atoms with E-state index in [1.165, 1.54) is 0 Å². The van der Waals surface area contributed by atoms with Crippen LogP contribution in [0, 0.1) is 20.8 Å². The fraction of sp³-hybridized carbons (Fsp3) is 0.350. The van der Waals surface area contributed by atoms with Gasteiger partial charge in [-0.05, 0) is 62.9 Å². The molecule has 0 bridgehead atoms. The van der Waals surface area contributed by atoms with Crippen molar-refractivity contribution in [2.45, 2.75) is 44.9 Å². The van der Waals surface area contributed by atoms with Crippen molar-refractivity contribution in [2.75, 3.05) is 16.2 Å². The van der Waals surface area contributed by atoms with E-state index in [0.717, 1.165) is 29.7 Å². The molecule has 0 radical (unpaired) electrons. The summed E-state index contributed by atoms with van der Waals surface area (Å²) in [6, 6.07) is 10.6. The lowest BCUT2D eigenvalue weighted by Crippen LogP contribution is -2.35. The van der Waals surface area contributed by atoms with Crippen molar-refractivity contribution < 1.29 is 13.2 Å². The van der Waals surface area contributed by atoms with E-state index in [4.69, 9.17) is 0 Å². The van der Waals surface area contributed by atoms with Crippen LogP contribution in [0.3, 0.4) is 0 Å². The Labute approximate surface area is 155 Å². The Morgan fingerprint density at radius 3 is 2.42 bits per heavy atom. The number of hydrogen-bond donors (Lipinski definition) is 1. The molecule has 26 heavy (non-hydrogen) atoms. The lowest BCUT2D eigenvalue weighted by atomic mass is 10.1. The molecule has 1 aliphatic heterocycles. The van der Waals surface area contributed by atoms with Crippen LogP contribution in [0.2, 0.25) is 0 Å². The summed E-state index contributed by atoms with van der Waals surface area (Å²) in [4.78, 5) is 14.2. The highest BCUT2D eigenvalue weighted by atomic mass is 32.2. The van der Waals surface area contributed by atoms with Gasteiger partial charge < -0.3 is 4.90 Å². The van der Waals surface area contributed by atoms with Crippen LogP contribution in [0.5, 0.6) is 0 Å². The molecule has 0 aliphatic carbocycles. The number of aryl methyl sites for hydroxylation is 3. The number of carbonyl (C=O) groups excluding carboxylic acids is 1. The van der Waals surface area contributed by atoms with Gasteiger partial charge in [-0.25, -0.2) is 8.42 Å². The molecule has 0 aromatic heterocycles. The van der Waals surface area contributed by atoms with Crippen molar-refractivity contribution >= 4 is 27.3 Å². The fourth-order valence-corrected chi connectivity index (χ4v) is 4.61. The molecule has 3 rings (SSSR count). The SMILES string of the molecule is Cc1ccc(S(=O)(=O)Nc2ccc(C)c(N3CCCCC3=O)c2)c(C)c1. The first-order valence-corrected chi connectivity index (χ1v) is 10.3.